The Bertz CT molecular complexity index is 615. The summed E-state index contributed by atoms with van der Waals surface area (Å²) in [4.78, 5) is 12.6. The third-order valence-corrected chi connectivity index (χ3v) is 4.69. The summed E-state index contributed by atoms with van der Waals surface area (Å²) in [5, 5.41) is 3.34. The lowest BCUT2D eigenvalue weighted by Gasteiger charge is -2.07. The number of halogens is 2. The fourth-order valence-corrected chi connectivity index (χ4v) is 3.28. The molecule has 1 aromatic carbocycles. The molecule has 0 bridgehead atoms. The van der Waals surface area contributed by atoms with Gasteiger partial charge in [0.25, 0.3) is 0 Å². The number of carbonyl (C=O) groups excluding carboxylic acids is 1. The summed E-state index contributed by atoms with van der Waals surface area (Å²) < 4.78 is 6.37. The monoisotopic (exact) mass is 373 g/mol. The third kappa shape index (κ3) is 4.06. The van der Waals surface area contributed by atoms with Gasteiger partial charge >= 0.3 is 5.97 Å². The van der Waals surface area contributed by atoms with Crippen LogP contribution in [-0.2, 0) is 17.8 Å². The van der Waals surface area contributed by atoms with Crippen molar-refractivity contribution < 1.29 is 9.53 Å². The SMILES string of the molecule is COC(=O)c1ccc(CNCc2ccc(Cl)s2)c(Br)c1. The van der Waals surface area contributed by atoms with Crippen LogP contribution < -0.4 is 5.32 Å². The number of benzene rings is 1. The van der Waals surface area contributed by atoms with Crippen LogP contribution in [0.1, 0.15) is 20.8 Å². The van der Waals surface area contributed by atoms with Crippen molar-refractivity contribution in [1.29, 1.82) is 0 Å². The Kier molecular flexibility index (Phi) is 5.60. The van der Waals surface area contributed by atoms with Gasteiger partial charge in [0.1, 0.15) is 0 Å². The molecule has 0 unspecified atom stereocenters. The standard InChI is InChI=1S/C14H13BrClNO2S/c1-19-14(18)9-2-3-10(12(15)6-9)7-17-8-11-4-5-13(16)20-11/h2-6,17H,7-8H2,1H3. The maximum Gasteiger partial charge on any atom is 0.337 e. The number of hydrogen-bond donors (Lipinski definition) is 1. The summed E-state index contributed by atoms with van der Waals surface area (Å²) in [6, 6.07) is 9.34. The van der Waals surface area contributed by atoms with Crippen LogP contribution in [0.25, 0.3) is 0 Å². The first-order valence-electron chi connectivity index (χ1n) is 5.92. The van der Waals surface area contributed by atoms with E-state index in [1.165, 1.54) is 12.0 Å². The van der Waals surface area contributed by atoms with Gasteiger partial charge in [0.2, 0.25) is 0 Å². The number of carbonyl (C=O) groups is 1. The summed E-state index contributed by atoms with van der Waals surface area (Å²) in [6.07, 6.45) is 0. The topological polar surface area (TPSA) is 38.3 Å². The van der Waals surface area contributed by atoms with Crippen molar-refractivity contribution in [3.63, 3.8) is 0 Å². The van der Waals surface area contributed by atoms with Gasteiger partial charge in [0.15, 0.2) is 0 Å². The largest absolute Gasteiger partial charge is 0.465 e. The fraction of sp³-hybridized carbons (Fsp3) is 0.214. The van der Waals surface area contributed by atoms with Gasteiger partial charge in [-0.25, -0.2) is 4.79 Å². The van der Waals surface area contributed by atoms with Crippen LogP contribution >= 0.6 is 38.9 Å². The van der Waals surface area contributed by atoms with Gasteiger partial charge in [-0.3, -0.25) is 0 Å². The molecule has 20 heavy (non-hydrogen) atoms. The highest BCUT2D eigenvalue weighted by atomic mass is 79.9. The van der Waals surface area contributed by atoms with E-state index in [0.29, 0.717) is 12.1 Å². The Hall–Kier alpha value is -0.880. The lowest BCUT2D eigenvalue weighted by atomic mass is 10.1. The van der Waals surface area contributed by atoms with Crippen molar-refractivity contribution in [2.75, 3.05) is 7.11 Å². The first-order valence-corrected chi connectivity index (χ1v) is 7.90. The number of rotatable bonds is 5. The molecular formula is C14H13BrClNO2S. The number of ether oxygens (including phenoxy) is 1. The highest BCUT2D eigenvalue weighted by molar-refractivity contribution is 9.10. The van der Waals surface area contributed by atoms with Crippen LogP contribution in [0.5, 0.6) is 0 Å². The van der Waals surface area contributed by atoms with Gasteiger partial charge in [-0.15, -0.1) is 11.3 Å². The summed E-state index contributed by atoms with van der Waals surface area (Å²) in [5.41, 5.74) is 1.62. The minimum Gasteiger partial charge on any atom is -0.465 e. The molecule has 0 radical (unpaired) electrons. The Morgan fingerprint density at radius 1 is 1.35 bits per heavy atom. The lowest BCUT2D eigenvalue weighted by Crippen LogP contribution is -2.12. The predicted molar refractivity (Wildman–Crippen MR) is 85.4 cm³/mol. The van der Waals surface area contributed by atoms with E-state index in [2.05, 4.69) is 26.0 Å². The molecule has 0 aliphatic rings. The van der Waals surface area contributed by atoms with E-state index in [-0.39, 0.29) is 5.97 Å². The molecule has 0 atom stereocenters. The maximum atomic E-state index is 11.4. The molecule has 1 aromatic heterocycles. The maximum absolute atomic E-state index is 11.4. The van der Waals surface area contributed by atoms with Crippen LogP contribution in [0.3, 0.4) is 0 Å². The molecule has 0 aliphatic carbocycles. The Balaban J connectivity index is 1.94. The first-order chi connectivity index (χ1) is 9.60. The third-order valence-electron chi connectivity index (χ3n) is 2.72. The molecule has 0 fully saturated rings. The number of esters is 1. The smallest absolute Gasteiger partial charge is 0.337 e. The van der Waals surface area contributed by atoms with Gasteiger partial charge in [-0.05, 0) is 29.8 Å². The minimum atomic E-state index is -0.335. The quantitative estimate of drug-likeness (QED) is 0.796. The van der Waals surface area contributed by atoms with Crippen LogP contribution in [0.2, 0.25) is 4.34 Å². The van der Waals surface area contributed by atoms with E-state index in [0.717, 1.165) is 20.9 Å². The molecule has 1 heterocycles. The fourth-order valence-electron chi connectivity index (χ4n) is 1.70. The molecule has 3 nitrogen and oxygen atoms in total. The van der Waals surface area contributed by atoms with Gasteiger partial charge < -0.3 is 10.1 Å². The lowest BCUT2D eigenvalue weighted by molar-refractivity contribution is 0.0600. The van der Waals surface area contributed by atoms with Crippen molar-refractivity contribution >= 4 is 44.8 Å². The molecule has 2 rings (SSSR count). The molecule has 6 heteroatoms. The van der Waals surface area contributed by atoms with Crippen LogP contribution in [0, 0.1) is 0 Å². The number of nitrogens with one attached hydrogen (secondary N) is 1. The van der Waals surface area contributed by atoms with Gasteiger partial charge in [0.05, 0.1) is 17.0 Å². The Labute approximate surface area is 135 Å². The van der Waals surface area contributed by atoms with Crippen molar-refractivity contribution in [2.24, 2.45) is 0 Å². The van der Waals surface area contributed by atoms with E-state index < -0.39 is 0 Å². The van der Waals surface area contributed by atoms with Crippen molar-refractivity contribution in [3.8, 4) is 0 Å². The summed E-state index contributed by atoms with van der Waals surface area (Å²) in [6.45, 7) is 1.47. The number of methoxy groups -OCH3 is 1. The molecule has 0 saturated heterocycles. The Morgan fingerprint density at radius 2 is 2.15 bits per heavy atom. The van der Waals surface area contributed by atoms with Gasteiger partial charge in [-0.1, -0.05) is 33.6 Å². The molecule has 106 valence electrons. The second-order valence-electron chi connectivity index (χ2n) is 4.11. The molecular weight excluding hydrogens is 362 g/mol. The van der Waals surface area contributed by atoms with E-state index >= 15 is 0 Å². The predicted octanol–water partition coefficient (Wildman–Crippen LogP) is 4.24. The van der Waals surface area contributed by atoms with Gasteiger partial charge in [0, 0.05) is 22.4 Å². The molecule has 0 spiro atoms. The molecule has 0 aliphatic heterocycles. The van der Waals surface area contributed by atoms with Crippen LogP contribution in [-0.4, -0.2) is 13.1 Å². The first kappa shape index (κ1) is 15.5. The highest BCUT2D eigenvalue weighted by Crippen LogP contribution is 2.22. The van der Waals surface area contributed by atoms with Crippen molar-refractivity contribution in [3.05, 3.63) is 55.1 Å². The van der Waals surface area contributed by atoms with E-state index in [4.69, 9.17) is 11.6 Å². The van der Waals surface area contributed by atoms with E-state index in [1.807, 2.05) is 18.2 Å². The second kappa shape index (κ2) is 7.22. The van der Waals surface area contributed by atoms with E-state index in [1.54, 1.807) is 23.5 Å². The average Bonchev–Trinajstić information content (AvgIpc) is 2.85. The van der Waals surface area contributed by atoms with Crippen LogP contribution in [0.4, 0.5) is 0 Å². The van der Waals surface area contributed by atoms with Crippen molar-refractivity contribution in [2.45, 2.75) is 13.1 Å². The summed E-state index contributed by atoms with van der Waals surface area (Å²) >= 11 is 10.9. The van der Waals surface area contributed by atoms with Crippen molar-refractivity contribution in [1.82, 2.24) is 5.32 Å². The van der Waals surface area contributed by atoms with Gasteiger partial charge in [-0.2, -0.15) is 0 Å². The summed E-state index contributed by atoms with van der Waals surface area (Å²) in [5.74, 6) is -0.335. The number of thiophene rings is 1. The van der Waals surface area contributed by atoms with Crippen LogP contribution in [0.15, 0.2) is 34.8 Å². The zero-order chi connectivity index (χ0) is 14.5. The zero-order valence-electron chi connectivity index (χ0n) is 10.8. The molecule has 2 aromatic rings. The Morgan fingerprint density at radius 3 is 2.75 bits per heavy atom. The molecule has 0 saturated carbocycles. The number of hydrogen-bond acceptors (Lipinski definition) is 4. The molecule has 0 amide bonds. The van der Waals surface area contributed by atoms with E-state index in [9.17, 15) is 4.79 Å². The highest BCUT2D eigenvalue weighted by Gasteiger charge is 2.08. The molecule has 1 N–H and O–H groups in total. The minimum absolute atomic E-state index is 0.335. The zero-order valence-corrected chi connectivity index (χ0v) is 13.9. The normalized spacial score (nSPS) is 10.6. The second-order valence-corrected chi connectivity index (χ2v) is 6.76. The summed E-state index contributed by atoms with van der Waals surface area (Å²) in [7, 11) is 1.37. The average molecular weight is 375 g/mol.